The smallest absolute Gasteiger partial charge is 0.407 e. The third kappa shape index (κ3) is 5.09. The first-order valence-electron chi connectivity index (χ1n) is 7.46. The van der Waals surface area contributed by atoms with Crippen LogP contribution in [0.5, 0.6) is 0 Å². The van der Waals surface area contributed by atoms with Gasteiger partial charge in [0, 0.05) is 6.54 Å². The minimum absolute atomic E-state index is 0.0318. The van der Waals surface area contributed by atoms with Gasteiger partial charge in [-0.25, -0.2) is 4.79 Å². The summed E-state index contributed by atoms with van der Waals surface area (Å²) in [4.78, 5) is 32.7. The Bertz CT molecular complexity index is 778. The summed E-state index contributed by atoms with van der Waals surface area (Å²) in [6, 6.07) is 10.1. The number of ether oxygens (including phenoxy) is 1. The highest BCUT2D eigenvalue weighted by atomic mass is 32.1. The maximum atomic E-state index is 11.6. The van der Waals surface area contributed by atoms with Crippen LogP contribution in [0.2, 0.25) is 0 Å². The minimum Gasteiger partial charge on any atom is -0.445 e. The monoisotopic (exact) mass is 380 g/mol. The summed E-state index contributed by atoms with van der Waals surface area (Å²) in [5.74, 6) is 0. The minimum atomic E-state index is -1.64. The molecule has 0 aliphatic rings. The molecule has 0 aliphatic heterocycles. The van der Waals surface area contributed by atoms with Crippen LogP contribution in [0.4, 0.5) is 9.80 Å². The van der Waals surface area contributed by atoms with Crippen molar-refractivity contribution < 1.29 is 29.5 Å². The van der Waals surface area contributed by atoms with Gasteiger partial charge in [-0.1, -0.05) is 41.7 Å². The third-order valence-corrected chi connectivity index (χ3v) is 4.42. The molecular formula is C16H16N2O7S. The highest BCUT2D eigenvalue weighted by Crippen LogP contribution is 2.35. The number of aldehydes is 1. The zero-order chi connectivity index (χ0) is 19.1. The molecule has 1 aromatic heterocycles. The Hall–Kier alpha value is -2.82. The fourth-order valence-electron chi connectivity index (χ4n) is 2.11. The maximum Gasteiger partial charge on any atom is 0.407 e. The Morgan fingerprint density at radius 2 is 2.04 bits per heavy atom. The van der Waals surface area contributed by atoms with Gasteiger partial charge in [-0.05, 0) is 11.6 Å². The van der Waals surface area contributed by atoms with Crippen molar-refractivity contribution in [1.29, 1.82) is 0 Å². The van der Waals surface area contributed by atoms with E-state index in [9.17, 15) is 29.9 Å². The first-order valence-corrected chi connectivity index (χ1v) is 8.28. The Labute approximate surface area is 152 Å². The molecule has 1 heterocycles. The molecule has 1 aromatic carbocycles. The number of amides is 1. The fourth-order valence-corrected chi connectivity index (χ4v) is 2.94. The van der Waals surface area contributed by atoms with Crippen LogP contribution in [0.1, 0.15) is 26.9 Å². The molecule has 0 saturated carbocycles. The van der Waals surface area contributed by atoms with Crippen molar-refractivity contribution in [3.05, 3.63) is 62.5 Å². The summed E-state index contributed by atoms with van der Waals surface area (Å²) in [5.41, 5.74) is 0.590. The van der Waals surface area contributed by atoms with Crippen molar-refractivity contribution in [3.8, 4) is 0 Å². The normalized spacial score (nSPS) is 12.8. The molecule has 2 unspecified atom stereocenters. The molecule has 0 fully saturated rings. The van der Waals surface area contributed by atoms with Gasteiger partial charge in [0.2, 0.25) is 0 Å². The SMILES string of the molecule is O=Cc1cc(C(O)C(O)CNC(=O)OCc2ccccc2)c([N+](=O)[O-])s1. The van der Waals surface area contributed by atoms with Gasteiger partial charge in [0.05, 0.1) is 15.4 Å². The molecule has 10 heteroatoms. The molecule has 3 N–H and O–H groups in total. The van der Waals surface area contributed by atoms with Crippen LogP contribution in [-0.4, -0.2) is 40.2 Å². The predicted octanol–water partition coefficient (Wildman–Crippen LogP) is 1.79. The zero-order valence-electron chi connectivity index (χ0n) is 13.4. The second-order valence-corrected chi connectivity index (χ2v) is 6.30. The number of carbonyl (C=O) groups is 2. The Morgan fingerprint density at radius 1 is 1.35 bits per heavy atom. The number of thiophene rings is 1. The van der Waals surface area contributed by atoms with Crippen LogP contribution in [0, 0.1) is 10.1 Å². The summed E-state index contributed by atoms with van der Waals surface area (Å²) in [6.07, 6.45) is -3.56. The number of nitrogens with zero attached hydrogens (tertiary/aromatic N) is 1. The number of nitro groups is 1. The van der Waals surface area contributed by atoms with E-state index in [-0.39, 0.29) is 17.0 Å². The molecule has 2 aromatic rings. The molecule has 0 bridgehead atoms. The molecule has 9 nitrogen and oxygen atoms in total. The topological polar surface area (TPSA) is 139 Å². The summed E-state index contributed by atoms with van der Waals surface area (Å²) < 4.78 is 4.95. The predicted molar refractivity (Wildman–Crippen MR) is 92.0 cm³/mol. The molecular weight excluding hydrogens is 364 g/mol. The lowest BCUT2D eigenvalue weighted by Crippen LogP contribution is -2.35. The lowest BCUT2D eigenvalue weighted by Gasteiger charge is -2.17. The quantitative estimate of drug-likeness (QED) is 0.360. The van der Waals surface area contributed by atoms with Crippen molar-refractivity contribution in [1.82, 2.24) is 5.32 Å². The average molecular weight is 380 g/mol. The molecule has 1 amide bonds. The van der Waals surface area contributed by atoms with E-state index in [2.05, 4.69) is 5.32 Å². The lowest BCUT2D eigenvalue weighted by molar-refractivity contribution is -0.381. The first-order chi connectivity index (χ1) is 12.4. The number of aliphatic hydroxyl groups excluding tert-OH is 2. The second-order valence-electron chi connectivity index (χ2n) is 5.24. The molecule has 2 atom stereocenters. The lowest BCUT2D eigenvalue weighted by atomic mass is 10.1. The van der Waals surface area contributed by atoms with Crippen LogP contribution in [0.3, 0.4) is 0 Å². The Balaban J connectivity index is 1.89. The van der Waals surface area contributed by atoms with E-state index in [1.165, 1.54) is 0 Å². The molecule has 0 spiro atoms. The highest BCUT2D eigenvalue weighted by Gasteiger charge is 2.29. The third-order valence-electron chi connectivity index (χ3n) is 3.39. The number of nitrogens with one attached hydrogen (secondary N) is 1. The number of alkyl carbamates (subject to hydrolysis) is 1. The van der Waals surface area contributed by atoms with Gasteiger partial charge in [0.25, 0.3) is 0 Å². The Kier molecular flexibility index (Phi) is 6.78. The van der Waals surface area contributed by atoms with Crippen LogP contribution in [-0.2, 0) is 11.3 Å². The van der Waals surface area contributed by atoms with E-state index in [1.807, 2.05) is 6.07 Å². The fraction of sp³-hybridized carbons (Fsp3) is 0.250. The van der Waals surface area contributed by atoms with Gasteiger partial charge in [-0.15, -0.1) is 0 Å². The van der Waals surface area contributed by atoms with Crippen LogP contribution >= 0.6 is 11.3 Å². The van der Waals surface area contributed by atoms with E-state index < -0.39 is 34.8 Å². The molecule has 2 rings (SSSR count). The number of carbonyl (C=O) groups excluding carboxylic acids is 2. The van der Waals surface area contributed by atoms with Crippen molar-refractivity contribution in [2.75, 3.05) is 6.54 Å². The van der Waals surface area contributed by atoms with Crippen molar-refractivity contribution in [2.24, 2.45) is 0 Å². The van der Waals surface area contributed by atoms with E-state index in [1.54, 1.807) is 24.3 Å². The molecule has 0 aliphatic carbocycles. The van der Waals surface area contributed by atoms with E-state index in [0.29, 0.717) is 17.6 Å². The standard InChI is InChI=1S/C16H16N2O7S/c19-8-11-6-12(15(26-11)18(23)24)14(21)13(20)7-17-16(22)25-9-10-4-2-1-3-5-10/h1-6,8,13-14,20-21H,7,9H2,(H,17,22). The zero-order valence-corrected chi connectivity index (χ0v) is 14.2. The summed E-state index contributed by atoms with van der Waals surface area (Å²) >= 11 is 0.593. The Morgan fingerprint density at radius 3 is 2.65 bits per heavy atom. The second kappa shape index (κ2) is 9.04. The van der Waals surface area contributed by atoms with Gasteiger partial charge >= 0.3 is 11.1 Å². The van der Waals surface area contributed by atoms with Crippen LogP contribution < -0.4 is 5.32 Å². The molecule has 0 saturated heterocycles. The van der Waals surface area contributed by atoms with Crippen LogP contribution in [0.25, 0.3) is 0 Å². The number of aliphatic hydroxyl groups is 2. The number of hydrogen-bond acceptors (Lipinski definition) is 8. The van der Waals surface area contributed by atoms with Gasteiger partial charge in [0.1, 0.15) is 18.8 Å². The molecule has 138 valence electrons. The van der Waals surface area contributed by atoms with Crippen LogP contribution in [0.15, 0.2) is 36.4 Å². The van der Waals surface area contributed by atoms with Crippen molar-refractivity contribution in [3.63, 3.8) is 0 Å². The van der Waals surface area contributed by atoms with E-state index in [4.69, 9.17) is 4.74 Å². The molecule has 26 heavy (non-hydrogen) atoms. The van der Waals surface area contributed by atoms with Crippen molar-refractivity contribution >= 4 is 28.7 Å². The van der Waals surface area contributed by atoms with Gasteiger partial charge in [-0.2, -0.15) is 0 Å². The maximum absolute atomic E-state index is 11.6. The van der Waals surface area contributed by atoms with Gasteiger partial charge < -0.3 is 20.3 Å². The average Bonchev–Trinajstić information content (AvgIpc) is 3.09. The van der Waals surface area contributed by atoms with Gasteiger partial charge in [0.15, 0.2) is 6.29 Å². The summed E-state index contributed by atoms with van der Waals surface area (Å²) in [5, 5.41) is 32.9. The van der Waals surface area contributed by atoms with E-state index >= 15 is 0 Å². The highest BCUT2D eigenvalue weighted by molar-refractivity contribution is 7.17. The van der Waals surface area contributed by atoms with Crippen molar-refractivity contribution in [2.45, 2.75) is 18.8 Å². The number of benzene rings is 1. The van der Waals surface area contributed by atoms with Gasteiger partial charge in [-0.3, -0.25) is 14.9 Å². The number of hydrogen-bond donors (Lipinski definition) is 3. The molecule has 0 radical (unpaired) electrons. The first kappa shape index (κ1) is 19.5. The van der Waals surface area contributed by atoms with E-state index in [0.717, 1.165) is 11.6 Å². The summed E-state index contributed by atoms with van der Waals surface area (Å²) in [6.45, 7) is -0.359. The number of rotatable bonds is 8. The largest absolute Gasteiger partial charge is 0.445 e. The summed E-state index contributed by atoms with van der Waals surface area (Å²) in [7, 11) is 0.